The lowest BCUT2D eigenvalue weighted by molar-refractivity contribution is 0.0526. The van der Waals surface area contributed by atoms with E-state index in [0.29, 0.717) is 48.3 Å². The second-order valence-electron chi connectivity index (χ2n) is 8.27. The van der Waals surface area contributed by atoms with Crippen molar-refractivity contribution in [2.75, 3.05) is 38.2 Å². The van der Waals surface area contributed by atoms with E-state index < -0.39 is 21.9 Å². The molecule has 0 unspecified atom stereocenters. The highest BCUT2D eigenvalue weighted by atomic mass is 32.2. The fourth-order valence-corrected chi connectivity index (χ4v) is 6.95. The van der Waals surface area contributed by atoms with Crippen LogP contribution in [0.3, 0.4) is 0 Å². The van der Waals surface area contributed by atoms with Crippen LogP contribution in [0.25, 0.3) is 0 Å². The van der Waals surface area contributed by atoms with Gasteiger partial charge in [0.1, 0.15) is 5.00 Å². The van der Waals surface area contributed by atoms with Gasteiger partial charge in [-0.1, -0.05) is 6.92 Å². The fourth-order valence-electron chi connectivity index (χ4n) is 4.15. The maximum Gasteiger partial charge on any atom is 0.341 e. The summed E-state index contributed by atoms with van der Waals surface area (Å²) in [6, 6.07) is 5.85. The van der Waals surface area contributed by atoms with E-state index in [0.717, 1.165) is 29.7 Å². The summed E-state index contributed by atoms with van der Waals surface area (Å²) in [6.45, 7) is 5.54. The van der Waals surface area contributed by atoms with E-state index in [1.807, 2.05) is 0 Å². The van der Waals surface area contributed by atoms with Gasteiger partial charge in [0.15, 0.2) is 0 Å². The molecule has 1 aliphatic carbocycles. The highest BCUT2D eigenvalue weighted by molar-refractivity contribution is 7.89. The molecule has 2 heterocycles. The molecule has 4 rings (SSSR count). The van der Waals surface area contributed by atoms with Gasteiger partial charge in [0, 0.05) is 23.5 Å². The Morgan fingerprint density at radius 3 is 2.58 bits per heavy atom. The van der Waals surface area contributed by atoms with Crippen molar-refractivity contribution in [2.24, 2.45) is 5.92 Å². The molecule has 33 heavy (non-hydrogen) atoms. The van der Waals surface area contributed by atoms with Crippen molar-refractivity contribution >= 4 is 38.2 Å². The number of rotatable bonds is 6. The SMILES string of the molecule is CCOC(=O)c1c(NC(=O)c2ccc(S(=O)(=O)N3CCOCC3)cc2)sc2c1CC[C@@H](C)C2. The van der Waals surface area contributed by atoms with E-state index in [1.165, 1.54) is 39.9 Å². The number of morpholine rings is 1. The van der Waals surface area contributed by atoms with Gasteiger partial charge in [-0.2, -0.15) is 4.31 Å². The number of ether oxygens (including phenoxy) is 2. The standard InChI is InChI=1S/C23H28N2O6S2/c1-3-31-23(27)20-18-9-4-15(2)14-19(18)32-22(20)24-21(26)16-5-7-17(8-6-16)33(28,29)25-10-12-30-13-11-25/h5-8,15H,3-4,9-14H2,1-2H3,(H,24,26)/t15-/m1/s1. The summed E-state index contributed by atoms with van der Waals surface area (Å²) < 4.78 is 37.5. The third-order valence-corrected chi connectivity index (χ3v) is 9.03. The maximum absolute atomic E-state index is 13.0. The van der Waals surface area contributed by atoms with Crippen LogP contribution in [0.2, 0.25) is 0 Å². The molecule has 1 amide bonds. The van der Waals surface area contributed by atoms with E-state index in [4.69, 9.17) is 9.47 Å². The number of carbonyl (C=O) groups is 2. The minimum absolute atomic E-state index is 0.133. The number of carbonyl (C=O) groups excluding carboxylic acids is 2. The number of amides is 1. The van der Waals surface area contributed by atoms with Gasteiger partial charge >= 0.3 is 5.97 Å². The molecule has 0 bridgehead atoms. The molecule has 2 aliphatic rings. The average Bonchev–Trinajstić information content (AvgIpc) is 3.16. The molecule has 1 fully saturated rings. The van der Waals surface area contributed by atoms with Gasteiger partial charge in [0.2, 0.25) is 10.0 Å². The van der Waals surface area contributed by atoms with Crippen LogP contribution in [-0.2, 0) is 32.3 Å². The number of sulfonamides is 1. The lowest BCUT2D eigenvalue weighted by atomic mass is 9.88. The molecule has 1 aromatic carbocycles. The van der Waals surface area contributed by atoms with Gasteiger partial charge in [-0.25, -0.2) is 13.2 Å². The molecule has 1 atom stereocenters. The van der Waals surface area contributed by atoms with Crippen molar-refractivity contribution < 1.29 is 27.5 Å². The number of thiophene rings is 1. The van der Waals surface area contributed by atoms with Crippen molar-refractivity contribution in [3.8, 4) is 0 Å². The minimum Gasteiger partial charge on any atom is -0.462 e. The lowest BCUT2D eigenvalue weighted by Gasteiger charge is -2.26. The zero-order chi connectivity index (χ0) is 23.6. The summed E-state index contributed by atoms with van der Waals surface area (Å²) in [4.78, 5) is 26.9. The third kappa shape index (κ3) is 4.98. The summed E-state index contributed by atoms with van der Waals surface area (Å²) in [7, 11) is -3.63. The molecule has 10 heteroatoms. The first kappa shape index (κ1) is 23.9. The van der Waals surface area contributed by atoms with Crippen LogP contribution in [0, 0.1) is 5.92 Å². The van der Waals surface area contributed by atoms with Gasteiger partial charge < -0.3 is 14.8 Å². The summed E-state index contributed by atoms with van der Waals surface area (Å²) in [5.41, 5.74) is 1.73. The van der Waals surface area contributed by atoms with Crippen LogP contribution < -0.4 is 5.32 Å². The van der Waals surface area contributed by atoms with Crippen LogP contribution in [0.15, 0.2) is 29.2 Å². The first-order valence-corrected chi connectivity index (χ1v) is 13.4. The average molecular weight is 493 g/mol. The summed E-state index contributed by atoms with van der Waals surface area (Å²) >= 11 is 1.42. The Balaban J connectivity index is 1.55. The first-order chi connectivity index (χ1) is 15.8. The maximum atomic E-state index is 13.0. The molecule has 8 nitrogen and oxygen atoms in total. The van der Waals surface area contributed by atoms with Crippen molar-refractivity contribution in [3.05, 3.63) is 45.8 Å². The molecule has 1 aliphatic heterocycles. The lowest BCUT2D eigenvalue weighted by Crippen LogP contribution is -2.40. The highest BCUT2D eigenvalue weighted by Crippen LogP contribution is 2.40. The molecular weight excluding hydrogens is 464 g/mol. The Kier molecular flexibility index (Phi) is 7.18. The molecule has 0 radical (unpaired) electrons. The summed E-state index contributed by atoms with van der Waals surface area (Å²) in [5, 5.41) is 3.35. The second kappa shape index (κ2) is 9.92. The van der Waals surface area contributed by atoms with Crippen molar-refractivity contribution in [2.45, 2.75) is 38.0 Å². The molecule has 1 saturated heterocycles. The zero-order valence-electron chi connectivity index (χ0n) is 18.8. The van der Waals surface area contributed by atoms with Crippen molar-refractivity contribution in [1.82, 2.24) is 4.31 Å². The Hall–Kier alpha value is -2.27. The first-order valence-electron chi connectivity index (χ1n) is 11.1. The number of nitrogens with one attached hydrogen (secondary N) is 1. The molecule has 178 valence electrons. The Morgan fingerprint density at radius 2 is 1.91 bits per heavy atom. The monoisotopic (exact) mass is 492 g/mol. The summed E-state index contributed by atoms with van der Waals surface area (Å²) in [6.07, 6.45) is 2.64. The van der Waals surface area contributed by atoms with Gasteiger partial charge in [-0.05, 0) is 61.9 Å². The number of hydrogen-bond acceptors (Lipinski definition) is 7. The summed E-state index contributed by atoms with van der Waals surface area (Å²) in [5.74, 6) is -0.301. The number of fused-ring (bicyclic) bond motifs is 1. The second-order valence-corrected chi connectivity index (χ2v) is 11.3. The quantitative estimate of drug-likeness (QED) is 0.621. The van der Waals surface area contributed by atoms with E-state index in [1.54, 1.807) is 6.92 Å². The Bertz CT molecular complexity index is 1130. The van der Waals surface area contributed by atoms with Crippen LogP contribution in [-0.4, -0.2) is 57.5 Å². The Labute approximate surface area is 197 Å². The highest BCUT2D eigenvalue weighted by Gasteiger charge is 2.30. The molecule has 2 aromatic rings. The topological polar surface area (TPSA) is 102 Å². The number of esters is 1. The van der Waals surface area contributed by atoms with Gasteiger partial charge in [-0.15, -0.1) is 11.3 Å². The zero-order valence-corrected chi connectivity index (χ0v) is 20.4. The van der Waals surface area contributed by atoms with Crippen LogP contribution >= 0.6 is 11.3 Å². The van der Waals surface area contributed by atoms with Crippen LogP contribution in [0.5, 0.6) is 0 Å². The van der Waals surface area contributed by atoms with E-state index in [-0.39, 0.29) is 11.5 Å². The van der Waals surface area contributed by atoms with Crippen molar-refractivity contribution in [1.29, 1.82) is 0 Å². The van der Waals surface area contributed by atoms with Crippen molar-refractivity contribution in [3.63, 3.8) is 0 Å². The number of benzene rings is 1. The smallest absolute Gasteiger partial charge is 0.341 e. The molecule has 1 aromatic heterocycles. The predicted molar refractivity (Wildman–Crippen MR) is 125 cm³/mol. The number of nitrogens with zero attached hydrogens (tertiary/aromatic N) is 1. The van der Waals surface area contributed by atoms with E-state index >= 15 is 0 Å². The largest absolute Gasteiger partial charge is 0.462 e. The van der Waals surface area contributed by atoms with Gasteiger partial charge in [-0.3, -0.25) is 4.79 Å². The minimum atomic E-state index is -3.63. The number of hydrogen-bond donors (Lipinski definition) is 1. The normalized spacial score (nSPS) is 19.0. The van der Waals surface area contributed by atoms with E-state index in [2.05, 4.69) is 12.2 Å². The predicted octanol–water partition coefficient (Wildman–Crippen LogP) is 3.32. The van der Waals surface area contributed by atoms with Crippen LogP contribution in [0.4, 0.5) is 5.00 Å². The van der Waals surface area contributed by atoms with Crippen LogP contribution in [0.1, 0.15) is 51.4 Å². The third-order valence-electron chi connectivity index (χ3n) is 5.94. The van der Waals surface area contributed by atoms with Gasteiger partial charge in [0.05, 0.1) is 30.3 Å². The molecule has 0 saturated carbocycles. The number of anilines is 1. The fraction of sp³-hybridized carbons (Fsp3) is 0.478. The van der Waals surface area contributed by atoms with E-state index in [9.17, 15) is 18.0 Å². The van der Waals surface area contributed by atoms with Gasteiger partial charge in [0.25, 0.3) is 5.91 Å². The molecule has 0 spiro atoms. The Morgan fingerprint density at radius 1 is 1.21 bits per heavy atom. The molecule has 1 N–H and O–H groups in total. The molecular formula is C23H28N2O6S2.